The van der Waals surface area contributed by atoms with Gasteiger partial charge in [0.05, 0.1) is 0 Å². The number of likely N-dealkylation sites (N-methyl/N-ethyl adjacent to an activating group) is 1. The van der Waals surface area contributed by atoms with Crippen LogP contribution >= 0.6 is 0 Å². The first-order valence-electron chi connectivity index (χ1n) is 10.5. The molecule has 0 aromatic heterocycles. The number of aliphatic imine (C=N–C) groups is 1. The Labute approximate surface area is 179 Å². The third-order valence-corrected chi connectivity index (χ3v) is 5.75. The molecule has 1 rings (SSSR count). The van der Waals surface area contributed by atoms with Crippen molar-refractivity contribution in [1.82, 2.24) is 4.90 Å². The zero-order valence-corrected chi connectivity index (χ0v) is 20.3. The second kappa shape index (κ2) is 9.91. The first kappa shape index (κ1) is 24.7. The average molecular weight is 393 g/mol. The van der Waals surface area contributed by atoms with Gasteiger partial charge in [0.15, 0.2) is 0 Å². The Kier molecular flexibility index (Phi) is 8.44. The first-order valence-corrected chi connectivity index (χ1v) is 10.5. The number of aryl methyl sites for hydroxylation is 2. The predicted octanol–water partition coefficient (Wildman–Crippen LogP) is 7.52. The summed E-state index contributed by atoms with van der Waals surface area (Å²) in [5.41, 5.74) is 10.2. The third kappa shape index (κ3) is 5.82. The lowest BCUT2D eigenvalue weighted by molar-refractivity contribution is 0.233. The summed E-state index contributed by atoms with van der Waals surface area (Å²) >= 11 is 0. The highest BCUT2D eigenvalue weighted by Gasteiger charge is 2.24. The Bertz CT molecular complexity index is 870. The molecular weight excluding hydrogens is 352 g/mol. The van der Waals surface area contributed by atoms with Crippen molar-refractivity contribution in [2.75, 3.05) is 7.05 Å². The van der Waals surface area contributed by atoms with Gasteiger partial charge < -0.3 is 4.90 Å². The van der Waals surface area contributed by atoms with Gasteiger partial charge in [-0.2, -0.15) is 0 Å². The number of hydrogen-bond acceptors (Lipinski definition) is 2. The molecule has 1 aromatic rings. The monoisotopic (exact) mass is 392 g/mol. The van der Waals surface area contributed by atoms with Crippen LogP contribution in [0.15, 0.2) is 64.5 Å². The summed E-state index contributed by atoms with van der Waals surface area (Å²) in [7, 11) is 2.08. The van der Waals surface area contributed by atoms with Crippen molar-refractivity contribution in [3.8, 4) is 0 Å². The zero-order valence-electron chi connectivity index (χ0n) is 20.3. The van der Waals surface area contributed by atoms with Crippen LogP contribution in [0.3, 0.4) is 0 Å². The van der Waals surface area contributed by atoms with E-state index < -0.39 is 0 Å². The molecule has 0 aliphatic carbocycles. The van der Waals surface area contributed by atoms with Gasteiger partial charge >= 0.3 is 0 Å². The Morgan fingerprint density at radius 1 is 1.14 bits per heavy atom. The second-order valence-electron chi connectivity index (χ2n) is 8.77. The molecule has 1 aromatic carbocycles. The minimum absolute atomic E-state index is 0.0438. The summed E-state index contributed by atoms with van der Waals surface area (Å²) in [5, 5.41) is 0. The number of rotatable bonds is 7. The van der Waals surface area contributed by atoms with Gasteiger partial charge in [-0.3, -0.25) is 4.99 Å². The Balaban J connectivity index is 3.60. The normalized spacial score (nSPS) is 13.9. The van der Waals surface area contributed by atoms with E-state index in [1.807, 2.05) is 20.1 Å². The summed E-state index contributed by atoms with van der Waals surface area (Å²) in [6, 6.07) is 6.70. The minimum Gasteiger partial charge on any atom is -0.370 e. The molecule has 0 aliphatic heterocycles. The molecule has 29 heavy (non-hydrogen) atoms. The van der Waals surface area contributed by atoms with Gasteiger partial charge in [-0.15, -0.1) is 0 Å². The maximum absolute atomic E-state index is 4.58. The van der Waals surface area contributed by atoms with Crippen LogP contribution in [0.2, 0.25) is 0 Å². The Hall–Kier alpha value is -2.35. The van der Waals surface area contributed by atoms with Crippen molar-refractivity contribution in [1.29, 1.82) is 0 Å². The van der Waals surface area contributed by atoms with E-state index in [1.165, 1.54) is 27.8 Å². The van der Waals surface area contributed by atoms with Crippen molar-refractivity contribution in [2.24, 2.45) is 4.99 Å². The van der Waals surface area contributed by atoms with Crippen molar-refractivity contribution >= 4 is 11.8 Å². The molecule has 0 unspecified atom stereocenters. The molecule has 0 bridgehead atoms. The Morgan fingerprint density at radius 3 is 2.21 bits per heavy atom. The van der Waals surface area contributed by atoms with E-state index in [1.54, 1.807) is 0 Å². The van der Waals surface area contributed by atoms with E-state index in [-0.39, 0.29) is 5.54 Å². The summed E-state index contributed by atoms with van der Waals surface area (Å²) in [6.45, 7) is 28.1. The van der Waals surface area contributed by atoms with Crippen LogP contribution in [-0.2, 0) is 6.42 Å². The van der Waals surface area contributed by atoms with E-state index in [0.717, 1.165) is 29.0 Å². The van der Waals surface area contributed by atoms with Crippen molar-refractivity contribution in [3.05, 3.63) is 76.2 Å². The fourth-order valence-electron chi connectivity index (χ4n) is 3.43. The maximum Gasteiger partial charge on any atom is 0.0467 e. The van der Waals surface area contributed by atoms with E-state index in [9.17, 15) is 0 Å². The SMILES string of the molecule is C=C(/C(C(=C)N(C)C(C)(C)C)=C(\C)N=CC)/C(C)=C(\C)c1ccc(C)cc1CC. The van der Waals surface area contributed by atoms with Crippen LogP contribution in [0.25, 0.3) is 5.57 Å². The smallest absolute Gasteiger partial charge is 0.0467 e. The number of nitrogens with zero attached hydrogens (tertiary/aromatic N) is 2. The summed E-state index contributed by atoms with van der Waals surface area (Å²) in [5.74, 6) is 0. The van der Waals surface area contributed by atoms with Crippen LogP contribution in [0, 0.1) is 6.92 Å². The van der Waals surface area contributed by atoms with Gasteiger partial charge in [-0.25, -0.2) is 0 Å². The highest BCUT2D eigenvalue weighted by atomic mass is 15.2. The lowest BCUT2D eigenvalue weighted by Gasteiger charge is -2.37. The molecule has 0 aliphatic rings. The summed E-state index contributed by atoms with van der Waals surface area (Å²) < 4.78 is 0. The van der Waals surface area contributed by atoms with Crippen LogP contribution < -0.4 is 0 Å². The van der Waals surface area contributed by atoms with Gasteiger partial charge in [-0.1, -0.05) is 43.8 Å². The topological polar surface area (TPSA) is 15.6 Å². The molecular formula is C27H40N2. The molecule has 0 radical (unpaired) electrons. The van der Waals surface area contributed by atoms with Crippen LogP contribution in [0.4, 0.5) is 0 Å². The predicted molar refractivity (Wildman–Crippen MR) is 131 cm³/mol. The third-order valence-electron chi connectivity index (χ3n) is 5.75. The highest BCUT2D eigenvalue weighted by molar-refractivity contribution is 5.76. The van der Waals surface area contributed by atoms with Crippen molar-refractivity contribution in [3.63, 3.8) is 0 Å². The zero-order chi connectivity index (χ0) is 22.5. The molecule has 2 nitrogen and oxygen atoms in total. The lowest BCUT2D eigenvalue weighted by atomic mass is 9.88. The standard InChI is InChI=1S/C27H40N2/c1-13-24-17-18(3)15-16-25(24)20(5)19(4)21(6)26(22(7)28-14-2)23(8)29(12)27(9,10)11/h14-17H,6,8,13H2,1-5,7,9-12H3/b20-19+,26-22-,28-14?. The molecule has 0 spiro atoms. The fraction of sp³-hybridized carbons (Fsp3) is 0.444. The molecule has 0 fully saturated rings. The van der Waals surface area contributed by atoms with Gasteiger partial charge in [0.1, 0.15) is 0 Å². The van der Waals surface area contributed by atoms with E-state index in [2.05, 4.69) is 96.8 Å². The molecule has 2 heteroatoms. The maximum atomic E-state index is 4.58. The average Bonchev–Trinajstić information content (AvgIpc) is 2.65. The van der Waals surface area contributed by atoms with Gasteiger partial charge in [0, 0.05) is 35.8 Å². The van der Waals surface area contributed by atoms with E-state index in [0.29, 0.717) is 0 Å². The van der Waals surface area contributed by atoms with E-state index in [4.69, 9.17) is 0 Å². The van der Waals surface area contributed by atoms with Crippen LogP contribution in [-0.4, -0.2) is 23.7 Å². The number of hydrogen-bond donors (Lipinski definition) is 0. The van der Waals surface area contributed by atoms with Crippen molar-refractivity contribution < 1.29 is 0 Å². The molecule has 158 valence electrons. The molecule has 0 saturated carbocycles. The molecule has 0 N–H and O–H groups in total. The molecule has 0 saturated heterocycles. The highest BCUT2D eigenvalue weighted by Crippen LogP contribution is 2.35. The largest absolute Gasteiger partial charge is 0.370 e. The van der Waals surface area contributed by atoms with Crippen LogP contribution in [0.1, 0.15) is 72.1 Å². The quantitative estimate of drug-likeness (QED) is 0.346. The fourth-order valence-corrected chi connectivity index (χ4v) is 3.43. The molecule has 0 amide bonds. The number of allylic oxidation sites excluding steroid dienone is 4. The summed E-state index contributed by atoms with van der Waals surface area (Å²) in [4.78, 5) is 6.78. The number of benzene rings is 1. The second-order valence-corrected chi connectivity index (χ2v) is 8.77. The first-order chi connectivity index (χ1) is 13.4. The van der Waals surface area contributed by atoms with E-state index >= 15 is 0 Å². The van der Waals surface area contributed by atoms with Gasteiger partial charge in [0.2, 0.25) is 0 Å². The minimum atomic E-state index is -0.0438. The lowest BCUT2D eigenvalue weighted by Crippen LogP contribution is -2.37. The van der Waals surface area contributed by atoms with Gasteiger partial charge in [-0.05, 0) is 89.7 Å². The van der Waals surface area contributed by atoms with Gasteiger partial charge in [0.25, 0.3) is 0 Å². The molecule has 0 heterocycles. The summed E-state index contributed by atoms with van der Waals surface area (Å²) in [6.07, 6.45) is 2.84. The Morgan fingerprint density at radius 2 is 1.72 bits per heavy atom. The molecule has 0 atom stereocenters. The van der Waals surface area contributed by atoms with Crippen molar-refractivity contribution in [2.45, 2.75) is 74.3 Å². The van der Waals surface area contributed by atoms with Crippen LogP contribution in [0.5, 0.6) is 0 Å².